The summed E-state index contributed by atoms with van der Waals surface area (Å²) in [5.41, 5.74) is 0.826. The molecule has 86 valence electrons. The van der Waals surface area contributed by atoms with Crippen molar-refractivity contribution < 1.29 is 17.9 Å². The van der Waals surface area contributed by atoms with Gasteiger partial charge in [-0.05, 0) is 5.56 Å². The van der Waals surface area contributed by atoms with Gasteiger partial charge in [0, 0.05) is 6.42 Å². The summed E-state index contributed by atoms with van der Waals surface area (Å²) in [6.45, 7) is 0. The van der Waals surface area contributed by atoms with Gasteiger partial charge in [0.2, 0.25) is 0 Å². The minimum absolute atomic E-state index is 0.210. The second-order valence-electron chi connectivity index (χ2n) is 3.05. The molecule has 5 nitrogen and oxygen atoms in total. The Hall–Kier alpha value is -1.69. The maximum Gasteiger partial charge on any atom is 0.332 e. The van der Waals surface area contributed by atoms with Gasteiger partial charge in [-0.2, -0.15) is 12.8 Å². The molecule has 1 atom stereocenters. The molecular formula is C10H11NO4S. The maximum absolute atomic E-state index is 11.3. The fraction of sp³-hybridized carbons (Fsp3) is 0.300. The predicted octanol–water partition coefficient (Wildman–Crippen LogP) is 0.833. The first-order valence-electron chi connectivity index (χ1n) is 4.55. The minimum Gasteiger partial charge on any atom is -0.467 e. The van der Waals surface area contributed by atoms with Gasteiger partial charge >= 0.3 is 16.5 Å². The van der Waals surface area contributed by atoms with E-state index in [9.17, 15) is 13.2 Å². The zero-order valence-corrected chi connectivity index (χ0v) is 9.48. The molecular weight excluding hydrogens is 230 g/mol. The summed E-state index contributed by atoms with van der Waals surface area (Å²) in [5.74, 6) is -0.659. The van der Waals surface area contributed by atoms with Crippen LogP contribution < -0.4 is 0 Å². The van der Waals surface area contributed by atoms with Crippen molar-refractivity contribution in [2.45, 2.75) is 12.5 Å². The number of hydrogen-bond donors (Lipinski definition) is 0. The summed E-state index contributed by atoms with van der Waals surface area (Å²) < 4.78 is 28.7. The Bertz CT molecular complexity index is 473. The van der Waals surface area contributed by atoms with Gasteiger partial charge in [0.1, 0.15) is 0 Å². The minimum atomic E-state index is -2.62. The molecule has 0 saturated carbocycles. The van der Waals surface area contributed by atoms with Crippen LogP contribution in [0.15, 0.2) is 34.7 Å². The van der Waals surface area contributed by atoms with E-state index in [1.54, 1.807) is 24.3 Å². The SMILES string of the molecule is COC(=O)C(Cc1ccccc1)N=S(=O)=O. The van der Waals surface area contributed by atoms with Crippen LogP contribution in [0.1, 0.15) is 5.56 Å². The first-order chi connectivity index (χ1) is 7.63. The van der Waals surface area contributed by atoms with Crippen molar-refractivity contribution in [1.82, 2.24) is 0 Å². The lowest BCUT2D eigenvalue weighted by atomic mass is 10.1. The number of carbonyl (C=O) groups excluding carboxylic acids is 1. The first kappa shape index (κ1) is 12.4. The lowest BCUT2D eigenvalue weighted by Gasteiger charge is -2.07. The van der Waals surface area contributed by atoms with Crippen molar-refractivity contribution in [3.05, 3.63) is 35.9 Å². The second-order valence-corrected chi connectivity index (χ2v) is 3.70. The van der Waals surface area contributed by atoms with Gasteiger partial charge in [0.25, 0.3) is 0 Å². The molecule has 0 fully saturated rings. The van der Waals surface area contributed by atoms with Crippen LogP contribution in [0.4, 0.5) is 0 Å². The van der Waals surface area contributed by atoms with Crippen LogP contribution in [0, 0.1) is 0 Å². The topological polar surface area (TPSA) is 72.8 Å². The van der Waals surface area contributed by atoms with Gasteiger partial charge < -0.3 is 4.74 Å². The highest BCUT2D eigenvalue weighted by Crippen LogP contribution is 2.07. The van der Waals surface area contributed by atoms with Crippen molar-refractivity contribution in [1.29, 1.82) is 0 Å². The van der Waals surface area contributed by atoms with Gasteiger partial charge in [-0.25, -0.2) is 4.79 Å². The Labute approximate surface area is 94.8 Å². The molecule has 0 aliphatic rings. The lowest BCUT2D eigenvalue weighted by molar-refractivity contribution is -0.142. The van der Waals surface area contributed by atoms with Crippen molar-refractivity contribution in [3.63, 3.8) is 0 Å². The number of esters is 1. The molecule has 0 saturated heterocycles. The number of ether oxygens (including phenoxy) is 1. The molecule has 6 heteroatoms. The largest absolute Gasteiger partial charge is 0.467 e. The average Bonchev–Trinajstić information content (AvgIpc) is 2.28. The fourth-order valence-electron chi connectivity index (χ4n) is 1.24. The van der Waals surface area contributed by atoms with E-state index in [4.69, 9.17) is 0 Å². The van der Waals surface area contributed by atoms with Crippen molar-refractivity contribution in [2.24, 2.45) is 4.36 Å². The Morgan fingerprint density at radius 2 is 2.00 bits per heavy atom. The van der Waals surface area contributed by atoms with Crippen LogP contribution in [0.25, 0.3) is 0 Å². The molecule has 0 spiro atoms. The molecule has 0 amide bonds. The summed E-state index contributed by atoms with van der Waals surface area (Å²) in [6.07, 6.45) is 0.210. The van der Waals surface area contributed by atoms with Crippen LogP contribution in [0.3, 0.4) is 0 Å². The van der Waals surface area contributed by atoms with Crippen LogP contribution in [-0.2, 0) is 26.5 Å². The highest BCUT2D eigenvalue weighted by molar-refractivity contribution is 7.61. The molecule has 1 unspecified atom stereocenters. The normalized spacial score (nSPS) is 11.6. The Morgan fingerprint density at radius 1 is 1.38 bits per heavy atom. The number of rotatable bonds is 4. The molecule has 0 heterocycles. The second kappa shape index (κ2) is 6.02. The Morgan fingerprint density at radius 3 is 2.50 bits per heavy atom. The number of carbonyl (C=O) groups is 1. The van der Waals surface area contributed by atoms with Gasteiger partial charge in [-0.3, -0.25) is 0 Å². The standard InChI is InChI=1S/C10H11NO4S/c1-15-10(12)9(11-16(13)14)7-8-5-3-2-4-6-8/h2-6,9H,7H2,1H3. The third kappa shape index (κ3) is 3.82. The molecule has 1 rings (SSSR count). The van der Waals surface area contributed by atoms with E-state index in [1.807, 2.05) is 6.07 Å². The van der Waals surface area contributed by atoms with Gasteiger partial charge in [-0.15, -0.1) is 0 Å². The van der Waals surface area contributed by atoms with E-state index >= 15 is 0 Å². The summed E-state index contributed by atoms with van der Waals surface area (Å²) in [4.78, 5) is 11.3. The highest BCUT2D eigenvalue weighted by atomic mass is 32.2. The molecule has 0 radical (unpaired) electrons. The van der Waals surface area contributed by atoms with E-state index < -0.39 is 22.5 Å². The van der Waals surface area contributed by atoms with Crippen molar-refractivity contribution in [2.75, 3.05) is 7.11 Å². The average molecular weight is 241 g/mol. The van der Waals surface area contributed by atoms with Crippen LogP contribution in [0.5, 0.6) is 0 Å². The number of methoxy groups -OCH3 is 1. The molecule has 0 aromatic heterocycles. The maximum atomic E-state index is 11.3. The highest BCUT2D eigenvalue weighted by Gasteiger charge is 2.19. The fourth-order valence-corrected chi connectivity index (χ4v) is 1.61. The van der Waals surface area contributed by atoms with E-state index in [-0.39, 0.29) is 6.42 Å². The first-order valence-corrected chi connectivity index (χ1v) is 5.58. The summed E-state index contributed by atoms with van der Waals surface area (Å²) in [7, 11) is -1.42. The monoisotopic (exact) mass is 241 g/mol. The Kier molecular flexibility index (Phi) is 4.65. The van der Waals surface area contributed by atoms with Gasteiger partial charge in [0.15, 0.2) is 6.04 Å². The zero-order valence-electron chi connectivity index (χ0n) is 8.66. The van der Waals surface area contributed by atoms with Crippen LogP contribution in [-0.4, -0.2) is 27.5 Å². The number of nitrogens with zero attached hydrogens (tertiary/aromatic N) is 1. The molecule has 16 heavy (non-hydrogen) atoms. The van der Waals surface area contributed by atoms with Crippen molar-refractivity contribution >= 4 is 16.5 Å². The van der Waals surface area contributed by atoms with E-state index in [0.717, 1.165) is 5.56 Å². The van der Waals surface area contributed by atoms with Gasteiger partial charge in [-0.1, -0.05) is 30.3 Å². The molecule has 0 bridgehead atoms. The van der Waals surface area contributed by atoms with Gasteiger partial charge in [0.05, 0.1) is 7.11 Å². The Balaban J connectivity index is 2.88. The molecule has 0 aliphatic heterocycles. The third-order valence-corrected chi connectivity index (χ3v) is 2.39. The molecule has 0 N–H and O–H groups in total. The summed E-state index contributed by atoms with van der Waals surface area (Å²) in [6, 6.07) is 8.01. The van der Waals surface area contributed by atoms with Crippen LogP contribution in [0.2, 0.25) is 0 Å². The molecule has 1 aromatic carbocycles. The molecule has 1 aromatic rings. The summed E-state index contributed by atoms with van der Waals surface area (Å²) >= 11 is 0. The quantitative estimate of drug-likeness (QED) is 0.732. The molecule has 0 aliphatic carbocycles. The van der Waals surface area contributed by atoms with E-state index in [0.29, 0.717) is 0 Å². The van der Waals surface area contributed by atoms with Crippen molar-refractivity contribution in [3.8, 4) is 0 Å². The predicted molar refractivity (Wildman–Crippen MR) is 57.3 cm³/mol. The van der Waals surface area contributed by atoms with Crippen LogP contribution >= 0.6 is 0 Å². The number of hydrogen-bond acceptors (Lipinski definition) is 5. The lowest BCUT2D eigenvalue weighted by Crippen LogP contribution is -2.22. The smallest absolute Gasteiger partial charge is 0.332 e. The van der Waals surface area contributed by atoms with E-state index in [2.05, 4.69) is 9.10 Å². The zero-order chi connectivity index (χ0) is 12.0. The number of benzene rings is 1. The van der Waals surface area contributed by atoms with E-state index in [1.165, 1.54) is 7.11 Å². The third-order valence-electron chi connectivity index (χ3n) is 1.96. The summed E-state index contributed by atoms with van der Waals surface area (Å²) in [5, 5.41) is 0.